The summed E-state index contributed by atoms with van der Waals surface area (Å²) in [6, 6.07) is 7.68. The Morgan fingerprint density at radius 3 is 2.12 bits per heavy atom. The third-order valence-electron chi connectivity index (χ3n) is 4.20. The molecule has 2 aromatic carbocycles. The van der Waals surface area contributed by atoms with Gasteiger partial charge < -0.3 is 16.2 Å². The summed E-state index contributed by atoms with van der Waals surface area (Å²) < 4.78 is 0. The lowest BCUT2D eigenvalue weighted by molar-refractivity contribution is 0.0986. The van der Waals surface area contributed by atoms with Crippen LogP contribution in [0.4, 0.5) is 11.4 Å². The van der Waals surface area contributed by atoms with Gasteiger partial charge in [-0.1, -0.05) is 24.6 Å². The van der Waals surface area contributed by atoms with Crippen molar-refractivity contribution >= 4 is 23.1 Å². The predicted octanol–water partition coefficient (Wildman–Crippen LogP) is 3.75. The zero-order valence-corrected chi connectivity index (χ0v) is 14.4. The number of primary amides is 1. The van der Waals surface area contributed by atoms with Crippen LogP contribution in [0.3, 0.4) is 0 Å². The third-order valence-corrected chi connectivity index (χ3v) is 4.20. The Morgan fingerprint density at radius 1 is 1.04 bits per heavy atom. The SMILES string of the molecule is CCC(=O)c1c(O)c(C(N)=O)c(C)c(C)c1Nc1ccc(C)cc1. The Bertz CT molecular complexity index is 809. The summed E-state index contributed by atoms with van der Waals surface area (Å²) in [6.45, 7) is 7.19. The number of aryl methyl sites for hydroxylation is 1. The Kier molecular flexibility index (Phi) is 4.93. The Morgan fingerprint density at radius 2 is 1.62 bits per heavy atom. The van der Waals surface area contributed by atoms with E-state index >= 15 is 0 Å². The summed E-state index contributed by atoms with van der Waals surface area (Å²) in [4.78, 5) is 24.1. The highest BCUT2D eigenvalue weighted by Crippen LogP contribution is 2.38. The van der Waals surface area contributed by atoms with Crippen LogP contribution in [0, 0.1) is 20.8 Å². The van der Waals surface area contributed by atoms with Crippen molar-refractivity contribution < 1.29 is 14.7 Å². The van der Waals surface area contributed by atoms with Crippen molar-refractivity contribution in [3.8, 4) is 5.75 Å². The maximum atomic E-state index is 12.4. The highest BCUT2D eigenvalue weighted by Gasteiger charge is 2.26. The van der Waals surface area contributed by atoms with E-state index in [1.807, 2.05) is 31.2 Å². The lowest BCUT2D eigenvalue weighted by Gasteiger charge is -2.20. The Balaban J connectivity index is 2.71. The number of benzene rings is 2. The number of nitrogens with one attached hydrogen (secondary N) is 1. The van der Waals surface area contributed by atoms with Gasteiger partial charge in [-0.3, -0.25) is 9.59 Å². The number of nitrogens with two attached hydrogens (primary N) is 1. The van der Waals surface area contributed by atoms with Crippen molar-refractivity contribution in [2.45, 2.75) is 34.1 Å². The number of rotatable bonds is 5. The normalized spacial score (nSPS) is 10.5. The maximum absolute atomic E-state index is 12.4. The molecule has 1 amide bonds. The minimum absolute atomic E-state index is 0.00115. The molecule has 126 valence electrons. The van der Waals surface area contributed by atoms with Gasteiger partial charge in [0, 0.05) is 12.1 Å². The van der Waals surface area contributed by atoms with Crippen LogP contribution in [0.5, 0.6) is 5.75 Å². The number of phenols is 1. The van der Waals surface area contributed by atoms with Crippen molar-refractivity contribution in [1.29, 1.82) is 0 Å². The molecule has 0 unspecified atom stereocenters. The molecule has 0 aliphatic heterocycles. The number of hydrogen-bond acceptors (Lipinski definition) is 4. The van der Waals surface area contributed by atoms with Crippen molar-refractivity contribution in [2.24, 2.45) is 5.73 Å². The van der Waals surface area contributed by atoms with Gasteiger partial charge in [0.15, 0.2) is 5.78 Å². The number of Topliss-reactive ketones (excluding diaryl/α,β-unsaturated/α-hetero) is 1. The number of aromatic hydroxyl groups is 1. The van der Waals surface area contributed by atoms with Crippen LogP contribution in [-0.2, 0) is 0 Å². The van der Waals surface area contributed by atoms with E-state index in [0.717, 1.165) is 11.3 Å². The monoisotopic (exact) mass is 326 g/mol. The van der Waals surface area contributed by atoms with Crippen molar-refractivity contribution in [2.75, 3.05) is 5.32 Å². The molecule has 0 fully saturated rings. The van der Waals surface area contributed by atoms with Gasteiger partial charge in [-0.15, -0.1) is 0 Å². The summed E-state index contributed by atoms with van der Waals surface area (Å²) in [5.74, 6) is -1.36. The van der Waals surface area contributed by atoms with Gasteiger partial charge in [0.25, 0.3) is 5.91 Å². The molecule has 0 aliphatic rings. The molecule has 2 rings (SSSR count). The molecule has 0 spiro atoms. The lowest BCUT2D eigenvalue weighted by Crippen LogP contribution is -2.17. The largest absolute Gasteiger partial charge is 0.506 e. The predicted molar refractivity (Wildman–Crippen MR) is 95.2 cm³/mol. The molecular formula is C19H22N2O3. The summed E-state index contributed by atoms with van der Waals surface area (Å²) in [7, 11) is 0. The molecule has 0 aromatic heterocycles. The molecule has 5 nitrogen and oxygen atoms in total. The van der Waals surface area contributed by atoms with E-state index in [1.165, 1.54) is 0 Å². The van der Waals surface area contributed by atoms with E-state index in [4.69, 9.17) is 5.73 Å². The standard InChI is InChI=1S/C19H22N2O3/c1-5-14(22)16-17(21-13-8-6-10(2)7-9-13)12(4)11(3)15(18(16)23)19(20)24/h6-9,21,23H,5H2,1-4H3,(H2,20,24). The first-order chi connectivity index (χ1) is 11.3. The van der Waals surface area contributed by atoms with E-state index in [2.05, 4.69) is 5.32 Å². The zero-order valence-electron chi connectivity index (χ0n) is 14.4. The molecular weight excluding hydrogens is 304 g/mol. The lowest BCUT2D eigenvalue weighted by atomic mass is 9.92. The second-order valence-corrected chi connectivity index (χ2v) is 5.86. The number of anilines is 2. The van der Waals surface area contributed by atoms with Crippen LogP contribution in [0.25, 0.3) is 0 Å². The van der Waals surface area contributed by atoms with Gasteiger partial charge in [0.1, 0.15) is 5.75 Å². The third kappa shape index (κ3) is 3.11. The van der Waals surface area contributed by atoms with Gasteiger partial charge in [0.2, 0.25) is 0 Å². The van der Waals surface area contributed by atoms with E-state index in [1.54, 1.807) is 20.8 Å². The van der Waals surface area contributed by atoms with Crippen molar-refractivity contribution in [3.63, 3.8) is 0 Å². The summed E-state index contributed by atoms with van der Waals surface area (Å²) in [5.41, 5.74) is 9.17. The fourth-order valence-electron chi connectivity index (χ4n) is 2.67. The number of carbonyl (C=O) groups excluding carboxylic acids is 2. The summed E-state index contributed by atoms with van der Waals surface area (Å²) in [5, 5.41) is 13.7. The molecule has 5 heteroatoms. The first kappa shape index (κ1) is 17.5. The molecule has 0 heterocycles. The second kappa shape index (κ2) is 6.74. The average molecular weight is 326 g/mol. The highest BCUT2D eigenvalue weighted by atomic mass is 16.3. The fourth-order valence-corrected chi connectivity index (χ4v) is 2.67. The fraction of sp³-hybridized carbons (Fsp3) is 0.263. The number of amides is 1. The van der Waals surface area contributed by atoms with Gasteiger partial charge in [0.05, 0.1) is 16.8 Å². The van der Waals surface area contributed by atoms with Crippen LogP contribution in [0.1, 0.15) is 50.8 Å². The Hall–Kier alpha value is -2.82. The van der Waals surface area contributed by atoms with E-state index in [9.17, 15) is 14.7 Å². The Labute approximate surface area is 141 Å². The topological polar surface area (TPSA) is 92.4 Å². The smallest absolute Gasteiger partial charge is 0.252 e. The first-order valence-corrected chi connectivity index (χ1v) is 7.80. The van der Waals surface area contributed by atoms with Gasteiger partial charge in [-0.05, 0) is 44.0 Å². The second-order valence-electron chi connectivity index (χ2n) is 5.86. The minimum Gasteiger partial charge on any atom is -0.506 e. The van der Waals surface area contributed by atoms with Crippen LogP contribution in [-0.4, -0.2) is 16.8 Å². The van der Waals surface area contributed by atoms with E-state index in [-0.39, 0.29) is 29.1 Å². The molecule has 2 aromatic rings. The average Bonchev–Trinajstić information content (AvgIpc) is 2.53. The highest BCUT2D eigenvalue weighted by molar-refractivity contribution is 6.10. The van der Waals surface area contributed by atoms with Gasteiger partial charge in [-0.2, -0.15) is 0 Å². The number of hydrogen-bond donors (Lipinski definition) is 3. The first-order valence-electron chi connectivity index (χ1n) is 7.80. The maximum Gasteiger partial charge on any atom is 0.252 e. The number of ketones is 1. The van der Waals surface area contributed by atoms with Crippen LogP contribution < -0.4 is 11.1 Å². The van der Waals surface area contributed by atoms with Gasteiger partial charge in [-0.25, -0.2) is 0 Å². The van der Waals surface area contributed by atoms with Crippen LogP contribution in [0.2, 0.25) is 0 Å². The molecule has 0 atom stereocenters. The van der Waals surface area contributed by atoms with Crippen LogP contribution in [0.15, 0.2) is 24.3 Å². The summed E-state index contributed by atoms with van der Waals surface area (Å²) >= 11 is 0. The molecule has 0 saturated carbocycles. The quantitative estimate of drug-likeness (QED) is 0.730. The molecule has 4 N–H and O–H groups in total. The zero-order chi connectivity index (χ0) is 18.0. The van der Waals surface area contributed by atoms with E-state index in [0.29, 0.717) is 16.8 Å². The van der Waals surface area contributed by atoms with E-state index < -0.39 is 5.91 Å². The minimum atomic E-state index is -0.750. The molecule has 24 heavy (non-hydrogen) atoms. The molecule has 0 saturated heterocycles. The van der Waals surface area contributed by atoms with Crippen LogP contribution >= 0.6 is 0 Å². The molecule has 0 radical (unpaired) electrons. The van der Waals surface area contributed by atoms with Gasteiger partial charge >= 0.3 is 0 Å². The summed E-state index contributed by atoms with van der Waals surface area (Å²) in [6.07, 6.45) is 0.205. The van der Waals surface area contributed by atoms with Crippen molar-refractivity contribution in [3.05, 3.63) is 52.1 Å². The number of carbonyl (C=O) groups is 2. The molecule has 0 bridgehead atoms. The molecule has 0 aliphatic carbocycles. The van der Waals surface area contributed by atoms with Crippen molar-refractivity contribution in [1.82, 2.24) is 0 Å².